The van der Waals surface area contributed by atoms with Crippen LogP contribution in [0.2, 0.25) is 0 Å². The van der Waals surface area contributed by atoms with Crippen molar-refractivity contribution >= 4 is 5.65 Å². The first-order chi connectivity index (χ1) is 8.34. The molecule has 17 heavy (non-hydrogen) atoms. The number of pyridine rings is 1. The second kappa shape index (κ2) is 4.45. The van der Waals surface area contributed by atoms with Crippen molar-refractivity contribution in [3.8, 4) is 0 Å². The van der Waals surface area contributed by atoms with E-state index in [1.165, 1.54) is 18.5 Å². The Labute approximate surface area is 101 Å². The van der Waals surface area contributed by atoms with Gasteiger partial charge in [-0.1, -0.05) is 6.07 Å². The van der Waals surface area contributed by atoms with Crippen LogP contribution in [0.3, 0.4) is 0 Å². The lowest BCUT2D eigenvalue weighted by molar-refractivity contribution is 0.369. The molecule has 4 nitrogen and oxygen atoms in total. The van der Waals surface area contributed by atoms with Crippen LogP contribution in [0.1, 0.15) is 24.4 Å². The highest BCUT2D eigenvalue weighted by atomic mass is 15.2. The zero-order chi connectivity index (χ0) is 11.7. The summed E-state index contributed by atoms with van der Waals surface area (Å²) in [5.41, 5.74) is 2.18. The number of aromatic nitrogens is 3. The van der Waals surface area contributed by atoms with E-state index in [0.29, 0.717) is 5.92 Å². The van der Waals surface area contributed by atoms with E-state index in [-0.39, 0.29) is 0 Å². The number of aryl methyl sites for hydroxylation is 1. The van der Waals surface area contributed by atoms with Gasteiger partial charge in [-0.05, 0) is 50.9 Å². The Kier molecular flexibility index (Phi) is 2.81. The number of nitrogens with one attached hydrogen (secondary N) is 1. The van der Waals surface area contributed by atoms with Gasteiger partial charge in [0.05, 0.1) is 0 Å². The smallest absolute Gasteiger partial charge is 0.160 e. The largest absolute Gasteiger partial charge is 0.316 e. The molecule has 1 unspecified atom stereocenters. The highest BCUT2D eigenvalue weighted by Crippen LogP contribution is 2.17. The van der Waals surface area contributed by atoms with Gasteiger partial charge >= 0.3 is 0 Å². The molecule has 0 spiro atoms. The average Bonchev–Trinajstić information content (AvgIpc) is 2.75. The summed E-state index contributed by atoms with van der Waals surface area (Å²) in [5.74, 6) is 1.81. The van der Waals surface area contributed by atoms with Crippen molar-refractivity contribution in [2.45, 2.75) is 26.2 Å². The molecule has 0 aromatic carbocycles. The topological polar surface area (TPSA) is 42.2 Å². The Hall–Kier alpha value is -1.42. The van der Waals surface area contributed by atoms with Gasteiger partial charge < -0.3 is 5.32 Å². The van der Waals surface area contributed by atoms with Crippen molar-refractivity contribution in [3.63, 3.8) is 0 Å². The zero-order valence-corrected chi connectivity index (χ0v) is 10.2. The van der Waals surface area contributed by atoms with Crippen LogP contribution in [-0.4, -0.2) is 27.7 Å². The molecule has 0 bridgehead atoms. The molecule has 2 aromatic rings. The van der Waals surface area contributed by atoms with Gasteiger partial charge in [-0.2, -0.15) is 0 Å². The van der Waals surface area contributed by atoms with Crippen molar-refractivity contribution < 1.29 is 0 Å². The maximum absolute atomic E-state index is 4.34. The minimum absolute atomic E-state index is 0.704. The first-order valence-electron chi connectivity index (χ1n) is 6.35. The highest BCUT2D eigenvalue weighted by molar-refractivity contribution is 5.39. The number of fused-ring (bicyclic) bond motifs is 1. The van der Waals surface area contributed by atoms with E-state index in [4.69, 9.17) is 0 Å². The molecule has 1 N–H and O–H groups in total. The van der Waals surface area contributed by atoms with Crippen molar-refractivity contribution in [2.75, 3.05) is 13.1 Å². The van der Waals surface area contributed by atoms with E-state index in [1.54, 1.807) is 0 Å². The third-order valence-corrected chi connectivity index (χ3v) is 3.56. The predicted molar refractivity (Wildman–Crippen MR) is 67.0 cm³/mol. The van der Waals surface area contributed by atoms with Crippen LogP contribution < -0.4 is 5.32 Å². The Bertz CT molecular complexity index is 511. The second-order valence-corrected chi connectivity index (χ2v) is 4.89. The van der Waals surface area contributed by atoms with Crippen LogP contribution in [0.15, 0.2) is 18.2 Å². The summed E-state index contributed by atoms with van der Waals surface area (Å²) < 4.78 is 2.18. The summed E-state index contributed by atoms with van der Waals surface area (Å²) in [7, 11) is 0. The average molecular weight is 230 g/mol. The Morgan fingerprint density at radius 3 is 3.18 bits per heavy atom. The van der Waals surface area contributed by atoms with Gasteiger partial charge in [0.15, 0.2) is 5.65 Å². The van der Waals surface area contributed by atoms with E-state index in [0.717, 1.165) is 31.0 Å². The molecule has 90 valence electrons. The Balaban J connectivity index is 1.89. The predicted octanol–water partition coefficient (Wildman–Crippen LogP) is 1.58. The first kappa shape index (κ1) is 10.7. The molecular formula is C13H18N4. The fraction of sp³-hybridized carbons (Fsp3) is 0.538. The summed E-state index contributed by atoms with van der Waals surface area (Å²) >= 11 is 0. The van der Waals surface area contributed by atoms with Crippen LogP contribution in [-0.2, 0) is 6.42 Å². The van der Waals surface area contributed by atoms with Crippen molar-refractivity contribution in [1.29, 1.82) is 0 Å². The van der Waals surface area contributed by atoms with Crippen LogP contribution >= 0.6 is 0 Å². The van der Waals surface area contributed by atoms with E-state index in [2.05, 4.69) is 32.9 Å². The number of rotatable bonds is 2. The molecule has 2 aromatic heterocycles. The number of nitrogens with zero attached hydrogens (tertiary/aromatic N) is 3. The normalized spacial score (nSPS) is 20.9. The van der Waals surface area contributed by atoms with Crippen molar-refractivity contribution in [2.24, 2.45) is 5.92 Å². The molecule has 1 saturated heterocycles. The Morgan fingerprint density at radius 2 is 2.35 bits per heavy atom. The molecule has 4 heteroatoms. The van der Waals surface area contributed by atoms with E-state index in [1.807, 2.05) is 12.1 Å². The van der Waals surface area contributed by atoms with Gasteiger partial charge in [0.25, 0.3) is 0 Å². The van der Waals surface area contributed by atoms with Crippen LogP contribution in [0, 0.1) is 12.8 Å². The van der Waals surface area contributed by atoms with Gasteiger partial charge in [-0.3, -0.25) is 4.40 Å². The monoisotopic (exact) mass is 230 g/mol. The molecule has 0 saturated carbocycles. The van der Waals surface area contributed by atoms with Gasteiger partial charge in [-0.15, -0.1) is 10.2 Å². The SMILES string of the molecule is Cc1cccc2nnc(CC3CCCNC3)n12. The quantitative estimate of drug-likeness (QED) is 0.851. The lowest BCUT2D eigenvalue weighted by atomic mass is 9.96. The summed E-state index contributed by atoms with van der Waals surface area (Å²) in [6, 6.07) is 6.16. The lowest BCUT2D eigenvalue weighted by Gasteiger charge is -2.21. The number of hydrogen-bond acceptors (Lipinski definition) is 3. The fourth-order valence-corrected chi connectivity index (χ4v) is 2.66. The van der Waals surface area contributed by atoms with E-state index < -0.39 is 0 Å². The van der Waals surface area contributed by atoms with Crippen LogP contribution in [0.25, 0.3) is 5.65 Å². The highest BCUT2D eigenvalue weighted by Gasteiger charge is 2.17. The molecule has 1 aliphatic heterocycles. The second-order valence-electron chi connectivity index (χ2n) is 4.89. The molecule has 1 atom stereocenters. The molecule has 1 fully saturated rings. The lowest BCUT2D eigenvalue weighted by Crippen LogP contribution is -2.31. The standard InChI is InChI=1S/C13H18N4/c1-10-4-2-6-12-15-16-13(17(10)12)8-11-5-3-7-14-9-11/h2,4,6,11,14H,3,5,7-9H2,1H3. The van der Waals surface area contributed by atoms with Gasteiger partial charge in [0, 0.05) is 12.1 Å². The zero-order valence-electron chi connectivity index (χ0n) is 10.2. The summed E-state index contributed by atoms with van der Waals surface area (Å²) in [6.07, 6.45) is 3.60. The molecule has 1 aliphatic rings. The Morgan fingerprint density at radius 1 is 1.41 bits per heavy atom. The minimum Gasteiger partial charge on any atom is -0.316 e. The molecule has 3 heterocycles. The maximum Gasteiger partial charge on any atom is 0.160 e. The van der Waals surface area contributed by atoms with Gasteiger partial charge in [0.2, 0.25) is 0 Å². The third-order valence-electron chi connectivity index (χ3n) is 3.56. The molecular weight excluding hydrogens is 212 g/mol. The van der Waals surface area contributed by atoms with Crippen LogP contribution in [0.5, 0.6) is 0 Å². The minimum atomic E-state index is 0.704. The van der Waals surface area contributed by atoms with Crippen LogP contribution in [0.4, 0.5) is 0 Å². The number of piperidine rings is 1. The van der Waals surface area contributed by atoms with E-state index >= 15 is 0 Å². The first-order valence-corrected chi connectivity index (χ1v) is 6.35. The maximum atomic E-state index is 4.34. The molecule has 0 radical (unpaired) electrons. The summed E-state index contributed by atoms with van der Waals surface area (Å²) in [5, 5.41) is 12.0. The number of hydrogen-bond donors (Lipinski definition) is 1. The molecule has 0 amide bonds. The fourth-order valence-electron chi connectivity index (χ4n) is 2.66. The molecule has 3 rings (SSSR count). The third kappa shape index (κ3) is 2.05. The summed E-state index contributed by atoms with van der Waals surface area (Å²) in [6.45, 7) is 4.38. The van der Waals surface area contributed by atoms with Crippen molar-refractivity contribution in [3.05, 3.63) is 29.7 Å². The summed E-state index contributed by atoms with van der Waals surface area (Å²) in [4.78, 5) is 0. The van der Waals surface area contributed by atoms with Gasteiger partial charge in [-0.25, -0.2) is 0 Å². The molecule has 0 aliphatic carbocycles. The van der Waals surface area contributed by atoms with Gasteiger partial charge in [0.1, 0.15) is 5.82 Å². The van der Waals surface area contributed by atoms with E-state index in [9.17, 15) is 0 Å². The van der Waals surface area contributed by atoms with Crippen molar-refractivity contribution in [1.82, 2.24) is 19.9 Å².